The van der Waals surface area contributed by atoms with E-state index in [1.54, 1.807) is 30.5 Å². The van der Waals surface area contributed by atoms with Crippen molar-refractivity contribution in [2.24, 2.45) is 0 Å². The highest BCUT2D eigenvalue weighted by Gasteiger charge is 2.10. The van der Waals surface area contributed by atoms with Gasteiger partial charge in [0.05, 0.1) is 6.54 Å². The third-order valence-corrected chi connectivity index (χ3v) is 2.93. The summed E-state index contributed by atoms with van der Waals surface area (Å²) in [5.74, 6) is 0.643. The van der Waals surface area contributed by atoms with E-state index >= 15 is 0 Å². The lowest BCUT2D eigenvalue weighted by Gasteiger charge is -2.02. The van der Waals surface area contributed by atoms with E-state index in [2.05, 4.69) is 12.2 Å². The number of hydrogen-bond donors (Lipinski definition) is 1. The van der Waals surface area contributed by atoms with Crippen molar-refractivity contribution < 1.29 is 9.21 Å². The molecule has 0 aliphatic carbocycles. The van der Waals surface area contributed by atoms with E-state index in [4.69, 9.17) is 4.42 Å². The van der Waals surface area contributed by atoms with Crippen LogP contribution in [0.2, 0.25) is 0 Å². The molecule has 1 amide bonds. The first-order valence-electron chi connectivity index (χ1n) is 6.73. The summed E-state index contributed by atoms with van der Waals surface area (Å²) in [7, 11) is 0. The van der Waals surface area contributed by atoms with Crippen LogP contribution in [0.3, 0.4) is 0 Å². The van der Waals surface area contributed by atoms with Crippen LogP contribution in [-0.4, -0.2) is 17.0 Å². The Balaban J connectivity index is 2.00. The van der Waals surface area contributed by atoms with Gasteiger partial charge in [-0.15, -0.1) is 0 Å². The number of carbonyl (C=O) groups is 1. The van der Waals surface area contributed by atoms with Crippen molar-refractivity contribution in [2.75, 3.05) is 6.54 Å². The van der Waals surface area contributed by atoms with Crippen LogP contribution in [0.1, 0.15) is 36.1 Å². The summed E-state index contributed by atoms with van der Waals surface area (Å²) in [5.41, 5.74) is -0.0992. The summed E-state index contributed by atoms with van der Waals surface area (Å²) >= 11 is 0. The van der Waals surface area contributed by atoms with Gasteiger partial charge in [0.25, 0.3) is 11.5 Å². The van der Waals surface area contributed by atoms with Gasteiger partial charge in [-0.05, 0) is 24.6 Å². The highest BCUT2D eigenvalue weighted by molar-refractivity contribution is 5.91. The summed E-state index contributed by atoms with van der Waals surface area (Å²) in [6.45, 7) is 3.03. The van der Waals surface area contributed by atoms with Gasteiger partial charge in [-0.2, -0.15) is 0 Å². The first-order chi connectivity index (χ1) is 9.70. The molecule has 0 aliphatic heterocycles. The number of pyridine rings is 1. The van der Waals surface area contributed by atoms with Crippen LogP contribution >= 0.6 is 0 Å². The Morgan fingerprint density at radius 1 is 1.30 bits per heavy atom. The Labute approximate surface area is 117 Å². The molecular weight excluding hydrogens is 256 g/mol. The minimum Gasteiger partial charge on any atom is -0.454 e. The molecule has 20 heavy (non-hydrogen) atoms. The Morgan fingerprint density at radius 2 is 2.15 bits per heavy atom. The van der Waals surface area contributed by atoms with Gasteiger partial charge in [0.1, 0.15) is 5.76 Å². The van der Waals surface area contributed by atoms with Crippen LogP contribution in [0.15, 0.2) is 45.7 Å². The topological polar surface area (TPSA) is 64.2 Å². The number of aromatic nitrogens is 1. The summed E-state index contributed by atoms with van der Waals surface area (Å²) in [6, 6.07) is 8.30. The maximum absolute atomic E-state index is 11.8. The Kier molecular flexibility index (Phi) is 4.76. The van der Waals surface area contributed by atoms with Crippen molar-refractivity contribution in [2.45, 2.75) is 26.3 Å². The van der Waals surface area contributed by atoms with Crippen molar-refractivity contribution in [1.82, 2.24) is 9.88 Å². The Bertz CT molecular complexity index is 628. The molecule has 0 radical (unpaired) electrons. The zero-order chi connectivity index (χ0) is 14.4. The van der Waals surface area contributed by atoms with Crippen LogP contribution in [0.4, 0.5) is 0 Å². The molecular formula is C15H18N2O3. The molecule has 106 valence electrons. The molecule has 0 saturated carbocycles. The summed E-state index contributed by atoms with van der Waals surface area (Å²) in [6.07, 6.45) is 3.66. The van der Waals surface area contributed by atoms with Crippen LogP contribution in [0.25, 0.3) is 0 Å². The van der Waals surface area contributed by atoms with Gasteiger partial charge in [-0.3, -0.25) is 9.59 Å². The molecule has 2 heterocycles. The van der Waals surface area contributed by atoms with E-state index in [0.29, 0.717) is 18.8 Å². The van der Waals surface area contributed by atoms with Crippen LogP contribution in [-0.2, 0) is 6.54 Å². The van der Waals surface area contributed by atoms with E-state index < -0.39 is 0 Å². The van der Waals surface area contributed by atoms with E-state index in [-0.39, 0.29) is 17.2 Å². The Morgan fingerprint density at radius 3 is 2.90 bits per heavy atom. The number of nitrogens with one attached hydrogen (secondary N) is 1. The van der Waals surface area contributed by atoms with Crippen LogP contribution in [0, 0.1) is 0 Å². The Hall–Kier alpha value is -2.30. The van der Waals surface area contributed by atoms with Gasteiger partial charge in [-0.1, -0.05) is 19.4 Å². The van der Waals surface area contributed by atoms with Gasteiger partial charge < -0.3 is 14.3 Å². The summed E-state index contributed by atoms with van der Waals surface area (Å²) in [5, 5.41) is 2.79. The molecule has 0 spiro atoms. The molecule has 0 fully saturated rings. The second kappa shape index (κ2) is 6.75. The second-order valence-corrected chi connectivity index (χ2v) is 4.54. The van der Waals surface area contributed by atoms with E-state index in [1.807, 2.05) is 0 Å². The average Bonchev–Trinajstić information content (AvgIpc) is 2.90. The van der Waals surface area contributed by atoms with E-state index in [1.165, 1.54) is 10.6 Å². The molecule has 0 atom stereocenters. The first kappa shape index (κ1) is 14.1. The zero-order valence-corrected chi connectivity index (χ0v) is 11.5. The molecule has 0 aromatic carbocycles. The van der Waals surface area contributed by atoms with Crippen molar-refractivity contribution >= 4 is 5.91 Å². The second-order valence-electron chi connectivity index (χ2n) is 4.54. The quantitative estimate of drug-likeness (QED) is 0.820. The third kappa shape index (κ3) is 3.60. The largest absolute Gasteiger partial charge is 0.454 e. The number of unbranched alkanes of at least 4 members (excludes halogenated alkanes) is 1. The van der Waals surface area contributed by atoms with E-state index in [9.17, 15) is 9.59 Å². The highest BCUT2D eigenvalue weighted by atomic mass is 16.4. The molecule has 1 N–H and O–H groups in total. The lowest BCUT2D eigenvalue weighted by atomic mass is 10.3. The lowest BCUT2D eigenvalue weighted by Crippen LogP contribution is -2.23. The molecule has 0 aliphatic rings. The lowest BCUT2D eigenvalue weighted by molar-refractivity contribution is 0.0923. The van der Waals surface area contributed by atoms with Crippen LogP contribution in [0.5, 0.6) is 0 Å². The first-order valence-corrected chi connectivity index (χ1v) is 6.73. The molecule has 0 bridgehead atoms. The fourth-order valence-corrected chi connectivity index (χ4v) is 1.81. The fraction of sp³-hybridized carbons (Fsp3) is 0.333. The third-order valence-electron chi connectivity index (χ3n) is 2.93. The molecule has 2 aromatic rings. The maximum atomic E-state index is 11.8. The van der Waals surface area contributed by atoms with Gasteiger partial charge in [-0.25, -0.2) is 0 Å². The fourth-order valence-electron chi connectivity index (χ4n) is 1.81. The molecule has 0 unspecified atom stereocenters. The zero-order valence-electron chi connectivity index (χ0n) is 11.5. The van der Waals surface area contributed by atoms with Crippen molar-refractivity contribution in [3.05, 3.63) is 58.4 Å². The smallest absolute Gasteiger partial charge is 0.286 e. The van der Waals surface area contributed by atoms with Crippen molar-refractivity contribution in [3.63, 3.8) is 0 Å². The van der Waals surface area contributed by atoms with Crippen molar-refractivity contribution in [3.8, 4) is 0 Å². The van der Waals surface area contributed by atoms with Gasteiger partial charge >= 0.3 is 0 Å². The minimum absolute atomic E-state index is 0.0992. The normalized spacial score (nSPS) is 10.4. The highest BCUT2D eigenvalue weighted by Crippen LogP contribution is 2.09. The van der Waals surface area contributed by atoms with E-state index in [0.717, 1.165) is 12.8 Å². The molecule has 5 heteroatoms. The predicted molar refractivity (Wildman–Crippen MR) is 75.8 cm³/mol. The summed E-state index contributed by atoms with van der Waals surface area (Å²) in [4.78, 5) is 23.4. The number of furan rings is 1. The number of nitrogens with zero attached hydrogens (tertiary/aromatic N) is 1. The molecule has 2 aromatic heterocycles. The SMILES string of the molecule is CCCCNC(=O)c1ccc(Cn2ccccc2=O)o1. The molecule has 5 nitrogen and oxygen atoms in total. The number of amides is 1. The summed E-state index contributed by atoms with van der Waals surface area (Å²) < 4.78 is 6.99. The predicted octanol–water partition coefficient (Wildman–Crippen LogP) is 2.02. The van der Waals surface area contributed by atoms with Gasteiger partial charge in [0, 0.05) is 18.8 Å². The average molecular weight is 274 g/mol. The molecule has 2 rings (SSSR count). The monoisotopic (exact) mass is 274 g/mol. The standard InChI is InChI=1S/C15H18N2O3/c1-2-3-9-16-15(19)13-8-7-12(20-13)11-17-10-5-4-6-14(17)18/h4-8,10H,2-3,9,11H2,1H3,(H,16,19). The number of hydrogen-bond acceptors (Lipinski definition) is 3. The molecule has 0 saturated heterocycles. The maximum Gasteiger partial charge on any atom is 0.286 e. The van der Waals surface area contributed by atoms with Crippen molar-refractivity contribution in [1.29, 1.82) is 0 Å². The minimum atomic E-state index is -0.217. The number of rotatable bonds is 6. The van der Waals surface area contributed by atoms with Gasteiger partial charge in [0.15, 0.2) is 5.76 Å². The number of carbonyl (C=O) groups excluding carboxylic acids is 1. The van der Waals surface area contributed by atoms with Gasteiger partial charge in [0.2, 0.25) is 0 Å². The van der Waals surface area contributed by atoms with Crippen LogP contribution < -0.4 is 10.9 Å².